The summed E-state index contributed by atoms with van der Waals surface area (Å²) in [6.07, 6.45) is 4.77. The lowest BCUT2D eigenvalue weighted by Gasteiger charge is -2.25. The fourth-order valence-corrected chi connectivity index (χ4v) is 4.74. The largest absolute Gasteiger partial charge is 0.608 e. The number of H-pyrrole nitrogens is 1. The van der Waals surface area contributed by atoms with Crippen LogP contribution < -0.4 is 4.74 Å². The molecule has 2 heterocycles. The van der Waals surface area contributed by atoms with E-state index >= 15 is 0 Å². The van der Waals surface area contributed by atoms with Crippen molar-refractivity contribution < 1.29 is 9.29 Å². The van der Waals surface area contributed by atoms with Gasteiger partial charge in [-0.15, -0.1) is 0 Å². The second-order valence-corrected chi connectivity index (χ2v) is 7.71. The van der Waals surface area contributed by atoms with Crippen molar-refractivity contribution in [3.05, 3.63) is 47.3 Å². The zero-order valence-corrected chi connectivity index (χ0v) is 14.5. The molecule has 4 rings (SSSR count). The Bertz CT molecular complexity index is 893. The molecule has 1 aromatic carbocycles. The van der Waals surface area contributed by atoms with E-state index in [1.54, 1.807) is 7.11 Å². The van der Waals surface area contributed by atoms with Gasteiger partial charge in [0.05, 0.1) is 23.8 Å². The van der Waals surface area contributed by atoms with Crippen LogP contribution in [0, 0.1) is 6.92 Å². The lowest BCUT2D eigenvalue weighted by atomic mass is 9.95. The van der Waals surface area contributed by atoms with Gasteiger partial charge in [0.15, 0.2) is 5.25 Å². The number of hydrogen-bond acceptors (Lipinski definition) is 4. The third-order valence-corrected chi connectivity index (χ3v) is 6.02. The summed E-state index contributed by atoms with van der Waals surface area (Å²) < 4.78 is 18.3. The van der Waals surface area contributed by atoms with Crippen molar-refractivity contribution in [2.75, 3.05) is 7.11 Å². The van der Waals surface area contributed by atoms with Crippen LogP contribution in [0.2, 0.25) is 0 Å². The molecule has 2 unspecified atom stereocenters. The van der Waals surface area contributed by atoms with Crippen LogP contribution in [0.5, 0.6) is 5.75 Å². The fraction of sp³-hybridized carbons (Fsp3) is 0.333. The summed E-state index contributed by atoms with van der Waals surface area (Å²) in [5.41, 5.74) is 4.97. The number of pyridine rings is 1. The van der Waals surface area contributed by atoms with Crippen LogP contribution in [-0.2, 0) is 17.6 Å². The number of ether oxygens (including phenoxy) is 1. The maximum Gasteiger partial charge on any atom is 0.322 e. The first kappa shape index (κ1) is 15.5. The van der Waals surface area contributed by atoms with E-state index in [1.165, 1.54) is 5.56 Å². The number of benzene rings is 1. The smallest absolute Gasteiger partial charge is 0.322 e. The van der Waals surface area contributed by atoms with E-state index in [-0.39, 0.29) is 5.25 Å². The zero-order chi connectivity index (χ0) is 16.7. The van der Waals surface area contributed by atoms with Gasteiger partial charge in [0.2, 0.25) is 0 Å². The molecule has 1 aliphatic rings. The second kappa shape index (κ2) is 6.11. The molecule has 5 nitrogen and oxygen atoms in total. The first-order chi connectivity index (χ1) is 11.7. The number of nitrogens with zero attached hydrogens (tertiary/aromatic N) is 2. The van der Waals surface area contributed by atoms with Crippen LogP contribution in [0.25, 0.3) is 11.0 Å². The normalized spacial score (nSPS) is 18.4. The van der Waals surface area contributed by atoms with Gasteiger partial charge in [-0.1, -0.05) is 6.07 Å². The molecule has 3 aromatic rings. The van der Waals surface area contributed by atoms with E-state index in [0.29, 0.717) is 5.16 Å². The Morgan fingerprint density at radius 3 is 3.04 bits per heavy atom. The molecule has 0 fully saturated rings. The summed E-state index contributed by atoms with van der Waals surface area (Å²) in [5, 5.41) is 0.412. The Kier molecular flexibility index (Phi) is 3.94. The van der Waals surface area contributed by atoms with Gasteiger partial charge in [-0.3, -0.25) is 9.97 Å². The molecule has 24 heavy (non-hydrogen) atoms. The summed E-state index contributed by atoms with van der Waals surface area (Å²) in [6, 6.07) is 7.78. The minimum atomic E-state index is -1.25. The third kappa shape index (κ3) is 2.65. The van der Waals surface area contributed by atoms with Gasteiger partial charge in [0, 0.05) is 29.9 Å². The summed E-state index contributed by atoms with van der Waals surface area (Å²) in [5.74, 6) is 0.742. The Balaban J connectivity index is 1.70. The fourth-order valence-electron chi connectivity index (χ4n) is 3.27. The number of hydrogen-bond donors (Lipinski definition) is 1. The minimum Gasteiger partial charge on any atom is -0.608 e. The van der Waals surface area contributed by atoms with E-state index in [0.717, 1.165) is 47.3 Å². The van der Waals surface area contributed by atoms with Crippen LogP contribution in [-0.4, -0.2) is 26.6 Å². The van der Waals surface area contributed by atoms with Gasteiger partial charge < -0.3 is 9.29 Å². The van der Waals surface area contributed by atoms with Crippen LogP contribution >= 0.6 is 0 Å². The van der Waals surface area contributed by atoms with Crippen molar-refractivity contribution in [2.24, 2.45) is 0 Å². The van der Waals surface area contributed by atoms with Crippen molar-refractivity contribution in [3.63, 3.8) is 0 Å². The monoisotopic (exact) mass is 341 g/mol. The van der Waals surface area contributed by atoms with E-state index in [1.807, 2.05) is 31.3 Å². The van der Waals surface area contributed by atoms with Gasteiger partial charge in [0.25, 0.3) is 0 Å². The average Bonchev–Trinajstić information content (AvgIpc) is 3.03. The van der Waals surface area contributed by atoms with Gasteiger partial charge in [-0.05, 0) is 43.0 Å². The number of fused-ring (bicyclic) bond motifs is 2. The van der Waals surface area contributed by atoms with Crippen LogP contribution in [0.4, 0.5) is 0 Å². The Labute approximate surface area is 143 Å². The molecule has 0 saturated heterocycles. The number of rotatable bonds is 3. The highest BCUT2D eigenvalue weighted by Crippen LogP contribution is 2.37. The highest BCUT2D eigenvalue weighted by molar-refractivity contribution is 7.91. The molecular weight excluding hydrogens is 322 g/mol. The third-order valence-electron chi connectivity index (χ3n) is 4.47. The molecule has 1 aliphatic carbocycles. The minimum absolute atomic E-state index is 0.100. The van der Waals surface area contributed by atoms with Gasteiger partial charge in [-0.25, -0.2) is 0 Å². The van der Waals surface area contributed by atoms with E-state index in [9.17, 15) is 4.55 Å². The zero-order valence-electron chi connectivity index (χ0n) is 13.7. The molecule has 2 atom stereocenters. The maximum absolute atomic E-state index is 13.1. The highest BCUT2D eigenvalue weighted by atomic mass is 32.2. The lowest BCUT2D eigenvalue weighted by Crippen LogP contribution is -2.21. The van der Waals surface area contributed by atoms with Crippen LogP contribution in [0.3, 0.4) is 0 Å². The van der Waals surface area contributed by atoms with E-state index in [4.69, 9.17) is 4.74 Å². The number of imidazole rings is 1. The maximum atomic E-state index is 13.1. The Morgan fingerprint density at radius 1 is 1.33 bits per heavy atom. The van der Waals surface area contributed by atoms with Crippen LogP contribution in [0.15, 0.2) is 35.6 Å². The Morgan fingerprint density at radius 2 is 2.21 bits per heavy atom. The molecule has 0 aliphatic heterocycles. The van der Waals surface area contributed by atoms with Gasteiger partial charge >= 0.3 is 5.16 Å². The van der Waals surface area contributed by atoms with Gasteiger partial charge in [0.1, 0.15) is 5.75 Å². The first-order valence-corrected chi connectivity index (χ1v) is 9.27. The lowest BCUT2D eigenvalue weighted by molar-refractivity contribution is 0.415. The van der Waals surface area contributed by atoms with E-state index in [2.05, 4.69) is 21.0 Å². The molecule has 0 amide bonds. The van der Waals surface area contributed by atoms with Crippen molar-refractivity contribution >= 4 is 22.2 Å². The van der Waals surface area contributed by atoms with Crippen molar-refractivity contribution in [1.29, 1.82) is 0 Å². The number of aromatic amines is 1. The SMILES string of the molecule is COc1ccc2[nH]c([S+]([O-])C3CCCc4cc(C)cnc43)nc2c1. The molecule has 0 radical (unpaired) electrons. The van der Waals surface area contributed by atoms with Gasteiger partial charge in [-0.2, -0.15) is 4.98 Å². The summed E-state index contributed by atoms with van der Waals surface area (Å²) in [6.45, 7) is 2.04. The topological polar surface area (TPSA) is 73.9 Å². The number of nitrogens with one attached hydrogen (secondary N) is 1. The standard InChI is InChI=1S/C18H19N3O2S/c1-11-8-12-4-3-5-16(17(12)19-10-11)24(22)18-20-14-7-6-13(23-2)9-15(14)21-18/h6-10,16H,3-5H2,1-2H3,(H,20,21). The second-order valence-electron chi connectivity index (χ2n) is 6.16. The molecule has 0 saturated carbocycles. The highest BCUT2D eigenvalue weighted by Gasteiger charge is 2.34. The quantitative estimate of drug-likeness (QED) is 0.740. The summed E-state index contributed by atoms with van der Waals surface area (Å²) in [4.78, 5) is 12.3. The van der Waals surface area contributed by atoms with Crippen molar-refractivity contribution in [2.45, 2.75) is 36.6 Å². The average molecular weight is 341 g/mol. The first-order valence-electron chi connectivity index (χ1n) is 8.05. The van der Waals surface area contributed by atoms with Crippen LogP contribution in [0.1, 0.15) is 34.9 Å². The number of aromatic nitrogens is 3. The molecule has 1 N–H and O–H groups in total. The molecule has 2 aromatic heterocycles. The molecule has 0 spiro atoms. The number of aryl methyl sites for hydroxylation is 2. The summed E-state index contributed by atoms with van der Waals surface area (Å²) in [7, 11) is 1.62. The molecule has 6 heteroatoms. The van der Waals surface area contributed by atoms with Crippen molar-refractivity contribution in [1.82, 2.24) is 15.0 Å². The van der Waals surface area contributed by atoms with Crippen molar-refractivity contribution in [3.8, 4) is 5.75 Å². The number of methoxy groups -OCH3 is 1. The predicted molar refractivity (Wildman–Crippen MR) is 93.7 cm³/mol. The Hall–Kier alpha value is -2.05. The summed E-state index contributed by atoms with van der Waals surface area (Å²) >= 11 is -1.25. The molecule has 124 valence electrons. The molecular formula is C18H19N3O2S. The predicted octanol–water partition coefficient (Wildman–Crippen LogP) is 3.46. The molecule has 0 bridgehead atoms. The van der Waals surface area contributed by atoms with E-state index < -0.39 is 11.2 Å².